The molecular weight excluding hydrogens is 450 g/mol. The Morgan fingerprint density at radius 3 is 2.70 bits per heavy atom. The number of esters is 1. The molecule has 0 aliphatic carbocycles. The number of aromatic nitrogens is 4. The molecule has 1 N–H and O–H groups in total. The van der Waals surface area contributed by atoms with E-state index in [-0.39, 0.29) is 22.5 Å². The van der Waals surface area contributed by atoms with E-state index in [1.807, 2.05) is 0 Å². The van der Waals surface area contributed by atoms with Crippen LogP contribution in [0.5, 0.6) is 0 Å². The maximum atomic E-state index is 12.6. The van der Waals surface area contributed by atoms with E-state index in [4.69, 9.17) is 16.3 Å². The molecule has 0 radical (unpaired) electrons. The van der Waals surface area contributed by atoms with Gasteiger partial charge in [-0.25, -0.2) is 4.68 Å². The van der Waals surface area contributed by atoms with Gasteiger partial charge in [0.2, 0.25) is 10.6 Å². The Morgan fingerprint density at radius 1 is 1.27 bits per heavy atom. The zero-order chi connectivity index (χ0) is 21.7. The zero-order valence-electron chi connectivity index (χ0n) is 15.9. The van der Waals surface area contributed by atoms with Gasteiger partial charge >= 0.3 is 5.97 Å². The third kappa shape index (κ3) is 5.43. The molecule has 0 atom stereocenters. The largest absolute Gasteiger partial charge is 0.465 e. The molecule has 1 aromatic carbocycles. The second-order valence-corrected chi connectivity index (χ2v) is 8.44. The van der Waals surface area contributed by atoms with Crippen molar-refractivity contribution in [1.82, 2.24) is 20.0 Å². The second kappa shape index (κ2) is 9.83. The van der Waals surface area contributed by atoms with Crippen molar-refractivity contribution in [1.29, 1.82) is 0 Å². The van der Waals surface area contributed by atoms with Gasteiger partial charge in [-0.05, 0) is 38.1 Å². The number of anilines is 1. The fourth-order valence-electron chi connectivity index (χ4n) is 2.35. The molecule has 3 aromatic rings. The van der Waals surface area contributed by atoms with E-state index in [2.05, 4.69) is 20.6 Å². The van der Waals surface area contributed by atoms with E-state index in [1.54, 1.807) is 38.1 Å². The molecule has 0 spiro atoms. The number of thioether (sulfide) groups is 1. The Labute approximate surface area is 184 Å². The molecule has 0 saturated carbocycles. The molecule has 0 bridgehead atoms. The van der Waals surface area contributed by atoms with E-state index in [1.165, 1.54) is 10.7 Å². The van der Waals surface area contributed by atoms with Crippen LogP contribution in [0.2, 0.25) is 5.02 Å². The van der Waals surface area contributed by atoms with Crippen LogP contribution in [0.1, 0.15) is 23.1 Å². The fraction of sp³-hybridized carbons (Fsp3) is 0.222. The average Bonchev–Trinajstić information content (AvgIpc) is 3.15. The van der Waals surface area contributed by atoms with Gasteiger partial charge < -0.3 is 4.74 Å². The SMILES string of the molecule is CCOC(=O)CSc1nnc(NC(=O)c2nn(-c3ccc(Cl)cc3)c(C)cc2=O)s1. The lowest BCUT2D eigenvalue weighted by molar-refractivity contribution is -0.139. The smallest absolute Gasteiger partial charge is 0.316 e. The van der Waals surface area contributed by atoms with Crippen LogP contribution in [0.4, 0.5) is 5.13 Å². The third-order valence-corrected chi connectivity index (χ3v) is 5.84. The molecule has 12 heteroatoms. The van der Waals surface area contributed by atoms with Crippen molar-refractivity contribution >= 4 is 51.7 Å². The quantitative estimate of drug-likeness (QED) is 0.321. The van der Waals surface area contributed by atoms with Crippen molar-refractivity contribution in [2.24, 2.45) is 0 Å². The van der Waals surface area contributed by atoms with E-state index in [0.29, 0.717) is 27.4 Å². The number of aryl methyl sites for hydroxylation is 1. The molecule has 0 unspecified atom stereocenters. The van der Waals surface area contributed by atoms with E-state index in [0.717, 1.165) is 23.1 Å². The Kier molecular flexibility index (Phi) is 7.19. The van der Waals surface area contributed by atoms with Crippen LogP contribution in [0.15, 0.2) is 39.5 Å². The minimum Gasteiger partial charge on any atom is -0.465 e. The molecule has 30 heavy (non-hydrogen) atoms. The summed E-state index contributed by atoms with van der Waals surface area (Å²) in [6.45, 7) is 3.73. The van der Waals surface area contributed by atoms with Crippen molar-refractivity contribution < 1.29 is 14.3 Å². The van der Waals surface area contributed by atoms with Gasteiger partial charge in [0.1, 0.15) is 0 Å². The number of benzene rings is 1. The fourth-order valence-corrected chi connectivity index (χ4v) is 4.02. The summed E-state index contributed by atoms with van der Waals surface area (Å²) < 4.78 is 6.80. The number of carbonyl (C=O) groups is 2. The molecule has 0 saturated heterocycles. The molecule has 1 amide bonds. The highest BCUT2D eigenvalue weighted by Crippen LogP contribution is 2.25. The first kappa shape index (κ1) is 21.9. The van der Waals surface area contributed by atoms with E-state index >= 15 is 0 Å². The van der Waals surface area contributed by atoms with Gasteiger partial charge in [-0.2, -0.15) is 5.10 Å². The van der Waals surface area contributed by atoms with Crippen LogP contribution in [-0.4, -0.2) is 44.2 Å². The van der Waals surface area contributed by atoms with Gasteiger partial charge in [-0.1, -0.05) is 34.7 Å². The van der Waals surface area contributed by atoms with E-state index < -0.39 is 11.3 Å². The highest BCUT2D eigenvalue weighted by Gasteiger charge is 2.18. The Bertz CT molecular complexity index is 1130. The lowest BCUT2D eigenvalue weighted by Crippen LogP contribution is -2.26. The molecule has 2 aromatic heterocycles. The topological polar surface area (TPSA) is 116 Å². The maximum absolute atomic E-state index is 12.6. The van der Waals surface area contributed by atoms with Crippen LogP contribution in [0.3, 0.4) is 0 Å². The van der Waals surface area contributed by atoms with Crippen molar-refractivity contribution in [3.63, 3.8) is 0 Å². The Hall–Kier alpha value is -2.76. The second-order valence-electron chi connectivity index (χ2n) is 5.81. The van der Waals surface area contributed by atoms with Crippen molar-refractivity contribution in [2.45, 2.75) is 18.2 Å². The summed E-state index contributed by atoms with van der Waals surface area (Å²) in [5.74, 6) is -0.988. The molecule has 9 nitrogen and oxygen atoms in total. The van der Waals surface area contributed by atoms with Crippen molar-refractivity contribution in [3.05, 3.63) is 57.0 Å². The predicted octanol–water partition coefficient (Wildman–Crippen LogP) is 2.95. The van der Waals surface area contributed by atoms with Crippen LogP contribution >= 0.6 is 34.7 Å². The van der Waals surface area contributed by atoms with Crippen LogP contribution < -0.4 is 10.7 Å². The van der Waals surface area contributed by atoms with Gasteiger partial charge in [0.15, 0.2) is 10.0 Å². The monoisotopic (exact) mass is 465 g/mol. The Balaban J connectivity index is 1.76. The van der Waals surface area contributed by atoms with Crippen LogP contribution in [0, 0.1) is 6.92 Å². The summed E-state index contributed by atoms with van der Waals surface area (Å²) in [4.78, 5) is 36.3. The number of ether oxygens (including phenoxy) is 1. The van der Waals surface area contributed by atoms with Gasteiger partial charge in [0, 0.05) is 16.8 Å². The lowest BCUT2D eigenvalue weighted by atomic mass is 10.2. The number of hydrogen-bond acceptors (Lipinski definition) is 9. The number of rotatable bonds is 7. The highest BCUT2D eigenvalue weighted by atomic mass is 35.5. The number of amides is 1. The van der Waals surface area contributed by atoms with Crippen LogP contribution in [0.25, 0.3) is 5.69 Å². The number of nitrogens with one attached hydrogen (secondary N) is 1. The minimum atomic E-state index is -0.708. The summed E-state index contributed by atoms with van der Waals surface area (Å²) >= 11 is 8.13. The highest BCUT2D eigenvalue weighted by molar-refractivity contribution is 8.01. The van der Waals surface area contributed by atoms with Crippen LogP contribution in [-0.2, 0) is 9.53 Å². The molecular formula is C18H16ClN5O4S2. The van der Waals surface area contributed by atoms with Gasteiger partial charge in [-0.3, -0.25) is 19.7 Å². The van der Waals surface area contributed by atoms with Crippen molar-refractivity contribution in [2.75, 3.05) is 17.7 Å². The summed E-state index contributed by atoms with van der Waals surface area (Å²) in [5, 5.41) is 15.2. The first-order valence-electron chi connectivity index (χ1n) is 8.67. The normalized spacial score (nSPS) is 10.6. The van der Waals surface area contributed by atoms with Gasteiger partial charge in [0.05, 0.1) is 18.0 Å². The van der Waals surface area contributed by atoms with Gasteiger partial charge in [-0.15, -0.1) is 10.2 Å². The number of nitrogens with zero attached hydrogens (tertiary/aromatic N) is 4. The minimum absolute atomic E-state index is 0.0851. The summed E-state index contributed by atoms with van der Waals surface area (Å²) in [5.41, 5.74) is 0.412. The number of carbonyl (C=O) groups excluding carboxylic acids is 2. The van der Waals surface area contributed by atoms with Gasteiger partial charge in [0.25, 0.3) is 5.91 Å². The molecule has 0 aliphatic rings. The predicted molar refractivity (Wildman–Crippen MR) is 115 cm³/mol. The van der Waals surface area contributed by atoms with E-state index in [9.17, 15) is 14.4 Å². The average molecular weight is 466 g/mol. The number of hydrogen-bond donors (Lipinski definition) is 1. The first-order valence-corrected chi connectivity index (χ1v) is 10.9. The molecule has 2 heterocycles. The zero-order valence-corrected chi connectivity index (χ0v) is 18.3. The number of halogens is 1. The third-order valence-electron chi connectivity index (χ3n) is 3.64. The molecule has 156 valence electrons. The molecule has 0 fully saturated rings. The first-order chi connectivity index (χ1) is 14.4. The summed E-state index contributed by atoms with van der Waals surface area (Å²) in [6.07, 6.45) is 0. The summed E-state index contributed by atoms with van der Waals surface area (Å²) in [7, 11) is 0. The molecule has 3 rings (SSSR count). The van der Waals surface area contributed by atoms with Crippen molar-refractivity contribution in [3.8, 4) is 5.69 Å². The Morgan fingerprint density at radius 2 is 2.00 bits per heavy atom. The summed E-state index contributed by atoms with van der Waals surface area (Å²) in [6, 6.07) is 8.16. The standard InChI is InChI=1S/C18H16ClN5O4S2/c1-3-28-14(26)9-29-18-22-21-17(30-18)20-16(27)15-13(25)8-10(2)24(23-15)12-6-4-11(19)5-7-12/h4-8H,3,9H2,1-2H3,(H,20,21,27). The lowest BCUT2D eigenvalue weighted by Gasteiger charge is -2.11. The maximum Gasteiger partial charge on any atom is 0.316 e. The molecule has 0 aliphatic heterocycles.